The second kappa shape index (κ2) is 7.05. The van der Waals surface area contributed by atoms with Gasteiger partial charge in [-0.05, 0) is 42.5 Å². The number of aromatic nitrogens is 1. The van der Waals surface area contributed by atoms with Crippen LogP contribution in [0, 0.1) is 0 Å². The monoisotopic (exact) mass is 395 g/mol. The van der Waals surface area contributed by atoms with Crippen LogP contribution in [-0.4, -0.2) is 32.9 Å². The molecule has 0 saturated carbocycles. The van der Waals surface area contributed by atoms with Gasteiger partial charge >= 0.3 is 0 Å². The molecular weight excluding hydrogens is 378 g/mol. The van der Waals surface area contributed by atoms with Gasteiger partial charge in [-0.15, -0.1) is 0 Å². The van der Waals surface area contributed by atoms with E-state index in [0.29, 0.717) is 30.3 Å². The van der Waals surface area contributed by atoms with E-state index in [1.165, 1.54) is 18.2 Å². The van der Waals surface area contributed by atoms with Gasteiger partial charge in [-0.1, -0.05) is 24.2 Å². The predicted molar refractivity (Wildman–Crippen MR) is 109 cm³/mol. The van der Waals surface area contributed by atoms with Gasteiger partial charge in [-0.3, -0.25) is 9.59 Å². The quantitative estimate of drug-likeness (QED) is 0.523. The molecule has 3 aromatic rings. The van der Waals surface area contributed by atoms with E-state index < -0.39 is 0 Å². The summed E-state index contributed by atoms with van der Waals surface area (Å²) in [7, 11) is 0. The number of nitrogens with one attached hydrogen (secondary N) is 1. The van der Waals surface area contributed by atoms with Gasteiger partial charge in [0.15, 0.2) is 0 Å². The van der Waals surface area contributed by atoms with Crippen LogP contribution >= 0.6 is 11.6 Å². The highest BCUT2D eigenvalue weighted by atomic mass is 35.5. The molecule has 142 valence electrons. The third-order valence-electron chi connectivity index (χ3n) is 4.89. The molecule has 0 radical (unpaired) electrons. The molecule has 0 unspecified atom stereocenters. The SMILES string of the molecule is C=CC(=O)Nc1ccc(O)c(C(=O)N2CCn3c(cc4c(Cl)cccc43)C2)c1. The number of carbonyl (C=O) groups is 2. The number of phenols is 1. The minimum Gasteiger partial charge on any atom is -0.507 e. The molecule has 2 amide bonds. The molecule has 1 aliphatic rings. The Morgan fingerprint density at radius 2 is 2.00 bits per heavy atom. The summed E-state index contributed by atoms with van der Waals surface area (Å²) >= 11 is 6.29. The van der Waals surface area contributed by atoms with E-state index in [1.54, 1.807) is 4.90 Å². The predicted octanol–water partition coefficient (Wildman–Crippen LogP) is 3.78. The van der Waals surface area contributed by atoms with Crippen molar-refractivity contribution in [3.63, 3.8) is 0 Å². The molecule has 0 fully saturated rings. The molecule has 0 saturated heterocycles. The summed E-state index contributed by atoms with van der Waals surface area (Å²) in [5.74, 6) is -0.811. The van der Waals surface area contributed by atoms with Crippen molar-refractivity contribution in [3.05, 3.63) is 71.4 Å². The standard InChI is InChI=1S/C21H18ClN3O3/c1-2-20(27)23-13-6-7-19(26)16(10-13)21(28)24-8-9-25-14(12-24)11-15-17(22)4-3-5-18(15)25/h2-7,10-11,26H,1,8-9,12H2,(H,23,27). The van der Waals surface area contributed by atoms with E-state index in [1.807, 2.05) is 24.3 Å². The zero-order chi connectivity index (χ0) is 19.8. The zero-order valence-electron chi connectivity index (χ0n) is 15.0. The number of carbonyl (C=O) groups excluding carboxylic acids is 2. The number of aromatic hydroxyl groups is 1. The van der Waals surface area contributed by atoms with E-state index in [4.69, 9.17) is 11.6 Å². The number of hydrogen-bond donors (Lipinski definition) is 2. The van der Waals surface area contributed by atoms with Crippen molar-refractivity contribution in [2.24, 2.45) is 0 Å². The minimum absolute atomic E-state index is 0.129. The van der Waals surface area contributed by atoms with Gasteiger partial charge in [-0.25, -0.2) is 0 Å². The molecule has 2 aromatic carbocycles. The highest BCUT2D eigenvalue weighted by molar-refractivity contribution is 6.35. The maximum Gasteiger partial charge on any atom is 0.258 e. The lowest BCUT2D eigenvalue weighted by molar-refractivity contribution is -0.111. The van der Waals surface area contributed by atoms with Crippen LogP contribution in [0.15, 0.2) is 55.1 Å². The second-order valence-electron chi connectivity index (χ2n) is 6.61. The van der Waals surface area contributed by atoms with Crippen molar-refractivity contribution in [1.82, 2.24) is 9.47 Å². The van der Waals surface area contributed by atoms with E-state index in [0.717, 1.165) is 22.7 Å². The average molecular weight is 396 g/mol. The summed E-state index contributed by atoms with van der Waals surface area (Å²) in [6.45, 7) is 4.95. The first-order valence-corrected chi connectivity index (χ1v) is 9.18. The van der Waals surface area contributed by atoms with E-state index in [-0.39, 0.29) is 23.1 Å². The van der Waals surface area contributed by atoms with Crippen LogP contribution in [0.1, 0.15) is 16.1 Å². The first-order valence-electron chi connectivity index (χ1n) is 8.80. The fourth-order valence-corrected chi connectivity index (χ4v) is 3.74. The van der Waals surface area contributed by atoms with Crippen LogP contribution in [0.5, 0.6) is 5.75 Å². The first-order chi connectivity index (χ1) is 13.5. The van der Waals surface area contributed by atoms with Gasteiger partial charge in [0.25, 0.3) is 5.91 Å². The minimum atomic E-state index is -0.386. The number of amides is 2. The third-order valence-corrected chi connectivity index (χ3v) is 5.22. The highest BCUT2D eigenvalue weighted by Crippen LogP contribution is 2.31. The van der Waals surface area contributed by atoms with Gasteiger partial charge in [-0.2, -0.15) is 0 Å². The summed E-state index contributed by atoms with van der Waals surface area (Å²) in [5, 5.41) is 14.4. The zero-order valence-corrected chi connectivity index (χ0v) is 15.7. The van der Waals surface area contributed by atoms with Crippen LogP contribution in [0.25, 0.3) is 10.9 Å². The van der Waals surface area contributed by atoms with Gasteiger partial charge in [0.1, 0.15) is 5.75 Å². The number of fused-ring (bicyclic) bond motifs is 3. The Bertz CT molecular complexity index is 1120. The maximum absolute atomic E-state index is 13.0. The molecule has 0 aliphatic carbocycles. The Morgan fingerprint density at radius 3 is 2.79 bits per heavy atom. The van der Waals surface area contributed by atoms with Crippen LogP contribution in [-0.2, 0) is 17.9 Å². The van der Waals surface area contributed by atoms with Crippen molar-refractivity contribution in [2.45, 2.75) is 13.1 Å². The largest absolute Gasteiger partial charge is 0.507 e. The fraction of sp³-hybridized carbons (Fsp3) is 0.143. The molecule has 0 atom stereocenters. The Balaban J connectivity index is 1.62. The second-order valence-corrected chi connectivity index (χ2v) is 7.02. The normalized spacial score (nSPS) is 13.2. The molecule has 0 spiro atoms. The molecule has 7 heteroatoms. The number of anilines is 1. The molecule has 0 bridgehead atoms. The van der Waals surface area contributed by atoms with Crippen LogP contribution in [0.4, 0.5) is 5.69 Å². The van der Waals surface area contributed by atoms with Crippen molar-refractivity contribution < 1.29 is 14.7 Å². The molecule has 4 rings (SSSR count). The summed E-state index contributed by atoms with van der Waals surface area (Å²) in [6.07, 6.45) is 1.14. The first kappa shape index (κ1) is 18.1. The number of nitrogens with zero attached hydrogens (tertiary/aromatic N) is 2. The van der Waals surface area contributed by atoms with Gasteiger partial charge in [0, 0.05) is 40.4 Å². The lowest BCUT2D eigenvalue weighted by Crippen LogP contribution is -2.38. The number of phenolic OH excluding ortho intramolecular Hbond substituents is 1. The maximum atomic E-state index is 13.0. The Labute approximate surface area is 166 Å². The third kappa shape index (κ3) is 3.12. The Kier molecular flexibility index (Phi) is 4.57. The summed E-state index contributed by atoms with van der Waals surface area (Å²) < 4.78 is 2.16. The van der Waals surface area contributed by atoms with E-state index in [9.17, 15) is 14.7 Å². The average Bonchev–Trinajstić information content (AvgIpc) is 3.08. The van der Waals surface area contributed by atoms with E-state index >= 15 is 0 Å². The van der Waals surface area contributed by atoms with Crippen molar-refractivity contribution in [1.29, 1.82) is 0 Å². The van der Waals surface area contributed by atoms with Crippen LogP contribution < -0.4 is 5.32 Å². The molecule has 2 N–H and O–H groups in total. The lowest BCUT2D eigenvalue weighted by atomic mass is 10.1. The lowest BCUT2D eigenvalue weighted by Gasteiger charge is -2.29. The van der Waals surface area contributed by atoms with Crippen molar-refractivity contribution in [2.75, 3.05) is 11.9 Å². The fourth-order valence-electron chi connectivity index (χ4n) is 3.52. The summed E-state index contributed by atoms with van der Waals surface area (Å²) in [5.41, 5.74) is 2.60. The molecule has 1 aliphatic heterocycles. The number of benzene rings is 2. The number of hydrogen-bond acceptors (Lipinski definition) is 3. The summed E-state index contributed by atoms with van der Waals surface area (Å²) in [4.78, 5) is 26.2. The van der Waals surface area contributed by atoms with Gasteiger partial charge < -0.3 is 19.9 Å². The molecule has 1 aromatic heterocycles. The smallest absolute Gasteiger partial charge is 0.258 e. The topological polar surface area (TPSA) is 74.6 Å². The van der Waals surface area contributed by atoms with Crippen LogP contribution in [0.2, 0.25) is 5.02 Å². The number of rotatable bonds is 3. The van der Waals surface area contributed by atoms with Crippen molar-refractivity contribution >= 4 is 40.0 Å². The Morgan fingerprint density at radius 1 is 1.18 bits per heavy atom. The van der Waals surface area contributed by atoms with Gasteiger partial charge in [0.05, 0.1) is 12.1 Å². The van der Waals surface area contributed by atoms with Crippen molar-refractivity contribution in [3.8, 4) is 5.75 Å². The molecule has 6 nitrogen and oxygen atoms in total. The highest BCUT2D eigenvalue weighted by Gasteiger charge is 2.25. The van der Waals surface area contributed by atoms with Gasteiger partial charge in [0.2, 0.25) is 5.91 Å². The molecule has 2 heterocycles. The number of halogens is 1. The Hall–Kier alpha value is -3.25. The van der Waals surface area contributed by atoms with E-state index in [2.05, 4.69) is 16.5 Å². The summed E-state index contributed by atoms with van der Waals surface area (Å²) in [6, 6.07) is 12.2. The molecular formula is C21H18ClN3O3. The molecule has 28 heavy (non-hydrogen) atoms. The van der Waals surface area contributed by atoms with Crippen LogP contribution in [0.3, 0.4) is 0 Å².